The highest BCUT2D eigenvalue weighted by atomic mass is 19.4. The lowest BCUT2D eigenvalue weighted by atomic mass is 9.90. The molecular formula is C13H19F3N2. The molecule has 0 spiro atoms. The summed E-state index contributed by atoms with van der Waals surface area (Å²) in [6.45, 7) is 6.78. The second-order valence-corrected chi connectivity index (χ2v) is 5.17. The average molecular weight is 260 g/mol. The van der Waals surface area contributed by atoms with Gasteiger partial charge in [0.05, 0.1) is 5.56 Å². The molecule has 0 unspecified atom stereocenters. The van der Waals surface area contributed by atoms with E-state index in [4.69, 9.17) is 5.73 Å². The number of benzene rings is 1. The van der Waals surface area contributed by atoms with Crippen LogP contribution in [0.15, 0.2) is 18.2 Å². The van der Waals surface area contributed by atoms with Crippen molar-refractivity contribution in [3.8, 4) is 0 Å². The maximum atomic E-state index is 12.7. The van der Waals surface area contributed by atoms with Gasteiger partial charge in [-0.15, -0.1) is 0 Å². The van der Waals surface area contributed by atoms with Gasteiger partial charge >= 0.3 is 6.18 Å². The van der Waals surface area contributed by atoms with Crippen LogP contribution in [-0.2, 0) is 6.18 Å². The summed E-state index contributed by atoms with van der Waals surface area (Å²) in [6.07, 6.45) is -3.47. The van der Waals surface area contributed by atoms with Crippen molar-refractivity contribution in [1.82, 2.24) is 0 Å². The zero-order valence-corrected chi connectivity index (χ0v) is 10.9. The van der Waals surface area contributed by atoms with E-state index in [9.17, 15) is 13.2 Å². The van der Waals surface area contributed by atoms with Crippen LogP contribution >= 0.6 is 0 Å². The van der Waals surface area contributed by atoms with Gasteiger partial charge in [0.15, 0.2) is 0 Å². The fourth-order valence-electron chi connectivity index (χ4n) is 1.38. The molecule has 0 saturated heterocycles. The maximum Gasteiger partial charge on any atom is 0.418 e. The first-order valence-electron chi connectivity index (χ1n) is 5.86. The number of alkyl halides is 3. The van der Waals surface area contributed by atoms with Crippen molar-refractivity contribution < 1.29 is 13.2 Å². The highest BCUT2D eigenvalue weighted by Gasteiger charge is 2.33. The predicted octanol–water partition coefficient (Wildman–Crippen LogP) is 4.14. The average Bonchev–Trinajstić information content (AvgIpc) is 2.26. The third kappa shape index (κ3) is 3.82. The van der Waals surface area contributed by atoms with Gasteiger partial charge in [-0.3, -0.25) is 0 Å². The van der Waals surface area contributed by atoms with E-state index >= 15 is 0 Å². The molecule has 0 fully saturated rings. The van der Waals surface area contributed by atoms with E-state index in [-0.39, 0.29) is 11.1 Å². The van der Waals surface area contributed by atoms with Crippen LogP contribution in [0.5, 0.6) is 0 Å². The largest absolute Gasteiger partial charge is 0.418 e. The molecule has 1 aromatic carbocycles. The molecule has 0 heterocycles. The molecule has 5 heteroatoms. The molecule has 102 valence electrons. The Kier molecular flexibility index (Phi) is 4.14. The molecule has 0 radical (unpaired) electrons. The third-order valence-corrected chi connectivity index (χ3v) is 3.09. The predicted molar refractivity (Wildman–Crippen MR) is 68.4 cm³/mol. The smallest absolute Gasteiger partial charge is 0.398 e. The second kappa shape index (κ2) is 5.08. The SMILES string of the molecule is CCC(C)(C)CNc1ccc(N)c(C(F)(F)F)c1. The highest BCUT2D eigenvalue weighted by molar-refractivity contribution is 5.58. The Labute approximate surface area is 105 Å². The molecule has 0 aliphatic heterocycles. The van der Waals surface area contributed by atoms with Gasteiger partial charge in [0.2, 0.25) is 0 Å². The Hall–Kier alpha value is -1.39. The lowest BCUT2D eigenvalue weighted by Crippen LogP contribution is -2.22. The zero-order valence-electron chi connectivity index (χ0n) is 10.9. The van der Waals surface area contributed by atoms with Gasteiger partial charge in [-0.2, -0.15) is 13.2 Å². The maximum absolute atomic E-state index is 12.7. The Morgan fingerprint density at radius 2 is 1.83 bits per heavy atom. The number of nitrogen functional groups attached to an aromatic ring is 1. The molecule has 0 amide bonds. The Morgan fingerprint density at radius 3 is 2.33 bits per heavy atom. The van der Waals surface area contributed by atoms with E-state index in [0.717, 1.165) is 12.5 Å². The van der Waals surface area contributed by atoms with Gasteiger partial charge in [-0.05, 0) is 30.0 Å². The van der Waals surface area contributed by atoms with Gasteiger partial charge in [-0.1, -0.05) is 20.8 Å². The summed E-state index contributed by atoms with van der Waals surface area (Å²) in [5, 5.41) is 3.02. The van der Waals surface area contributed by atoms with Crippen molar-refractivity contribution in [2.24, 2.45) is 5.41 Å². The minimum absolute atomic E-state index is 0.0415. The molecule has 1 aromatic rings. The Bertz CT molecular complexity index is 411. The summed E-state index contributed by atoms with van der Waals surface area (Å²) in [5.41, 5.74) is 4.78. The topological polar surface area (TPSA) is 38.0 Å². The molecule has 0 bridgehead atoms. The van der Waals surface area contributed by atoms with Gasteiger partial charge < -0.3 is 11.1 Å². The second-order valence-electron chi connectivity index (χ2n) is 5.17. The summed E-state index contributed by atoms with van der Waals surface area (Å²) in [4.78, 5) is 0. The molecule has 2 nitrogen and oxygen atoms in total. The number of anilines is 2. The van der Waals surface area contributed by atoms with E-state index in [2.05, 4.69) is 19.2 Å². The van der Waals surface area contributed by atoms with Gasteiger partial charge in [-0.25, -0.2) is 0 Å². The minimum Gasteiger partial charge on any atom is -0.398 e. The van der Waals surface area contributed by atoms with Crippen molar-refractivity contribution in [2.75, 3.05) is 17.6 Å². The quantitative estimate of drug-likeness (QED) is 0.799. The summed E-state index contributed by atoms with van der Waals surface area (Å²) < 4.78 is 38.0. The van der Waals surface area contributed by atoms with Gasteiger partial charge in [0.1, 0.15) is 0 Å². The van der Waals surface area contributed by atoms with Crippen molar-refractivity contribution in [2.45, 2.75) is 33.4 Å². The number of hydrogen-bond acceptors (Lipinski definition) is 2. The highest BCUT2D eigenvalue weighted by Crippen LogP contribution is 2.35. The van der Waals surface area contributed by atoms with Crippen LogP contribution in [0.4, 0.5) is 24.5 Å². The monoisotopic (exact) mass is 260 g/mol. The number of nitrogens with two attached hydrogens (primary N) is 1. The van der Waals surface area contributed by atoms with Crippen LogP contribution < -0.4 is 11.1 Å². The number of halogens is 3. The number of nitrogens with one attached hydrogen (secondary N) is 1. The number of hydrogen-bond donors (Lipinski definition) is 2. The van der Waals surface area contributed by atoms with Crippen molar-refractivity contribution >= 4 is 11.4 Å². The third-order valence-electron chi connectivity index (χ3n) is 3.09. The minimum atomic E-state index is -4.41. The van der Waals surface area contributed by atoms with Crippen LogP contribution in [0.3, 0.4) is 0 Å². The summed E-state index contributed by atoms with van der Waals surface area (Å²) in [5.74, 6) is 0. The first kappa shape index (κ1) is 14.7. The van der Waals surface area contributed by atoms with E-state index < -0.39 is 11.7 Å². The molecule has 0 aliphatic rings. The van der Waals surface area contributed by atoms with Crippen LogP contribution in [0, 0.1) is 5.41 Å². The van der Waals surface area contributed by atoms with Gasteiger partial charge in [0, 0.05) is 17.9 Å². The molecule has 3 N–H and O–H groups in total. The van der Waals surface area contributed by atoms with Crippen LogP contribution in [0.1, 0.15) is 32.8 Å². The lowest BCUT2D eigenvalue weighted by Gasteiger charge is -2.24. The van der Waals surface area contributed by atoms with Crippen molar-refractivity contribution in [3.63, 3.8) is 0 Å². The molecular weight excluding hydrogens is 241 g/mol. The summed E-state index contributed by atoms with van der Waals surface area (Å²) in [6, 6.07) is 3.90. The normalized spacial score (nSPS) is 12.6. The Morgan fingerprint density at radius 1 is 1.22 bits per heavy atom. The lowest BCUT2D eigenvalue weighted by molar-refractivity contribution is -0.136. The van der Waals surface area contributed by atoms with Crippen LogP contribution in [0.2, 0.25) is 0 Å². The standard InChI is InChI=1S/C13H19F3N2/c1-4-12(2,3)8-18-9-5-6-11(17)10(7-9)13(14,15)16/h5-7,18H,4,8,17H2,1-3H3. The van der Waals surface area contributed by atoms with Crippen molar-refractivity contribution in [3.05, 3.63) is 23.8 Å². The molecule has 0 aliphatic carbocycles. The van der Waals surface area contributed by atoms with Crippen molar-refractivity contribution in [1.29, 1.82) is 0 Å². The molecule has 0 saturated carbocycles. The molecule has 18 heavy (non-hydrogen) atoms. The fraction of sp³-hybridized carbons (Fsp3) is 0.538. The van der Waals surface area contributed by atoms with E-state index in [0.29, 0.717) is 12.2 Å². The molecule has 1 rings (SSSR count). The summed E-state index contributed by atoms with van der Waals surface area (Å²) >= 11 is 0. The fourth-order valence-corrected chi connectivity index (χ4v) is 1.38. The van der Waals surface area contributed by atoms with Gasteiger partial charge in [0.25, 0.3) is 0 Å². The number of rotatable bonds is 4. The van der Waals surface area contributed by atoms with Crippen LogP contribution in [0.25, 0.3) is 0 Å². The van der Waals surface area contributed by atoms with E-state index in [1.165, 1.54) is 6.07 Å². The van der Waals surface area contributed by atoms with Crippen LogP contribution in [-0.4, -0.2) is 6.54 Å². The molecule has 0 atom stereocenters. The molecule has 0 aromatic heterocycles. The summed E-state index contributed by atoms with van der Waals surface area (Å²) in [7, 11) is 0. The van der Waals surface area contributed by atoms with E-state index in [1.807, 2.05) is 6.92 Å². The zero-order chi connectivity index (χ0) is 14.0. The first-order chi connectivity index (χ1) is 8.15. The Balaban J connectivity index is 2.87. The first-order valence-corrected chi connectivity index (χ1v) is 5.86. The van der Waals surface area contributed by atoms with E-state index in [1.54, 1.807) is 6.07 Å².